The van der Waals surface area contributed by atoms with Crippen LogP contribution >= 0.6 is 0 Å². The van der Waals surface area contributed by atoms with Crippen molar-refractivity contribution in [2.45, 2.75) is 37.8 Å². The summed E-state index contributed by atoms with van der Waals surface area (Å²) in [7, 11) is 5.66. The van der Waals surface area contributed by atoms with Gasteiger partial charge < -0.3 is 24.4 Å². The first-order valence-electron chi connectivity index (χ1n) is 9.43. The molecule has 1 aromatic rings. The van der Waals surface area contributed by atoms with Crippen molar-refractivity contribution in [1.82, 2.24) is 10.2 Å². The molecule has 0 aromatic heterocycles. The third-order valence-corrected chi connectivity index (χ3v) is 5.14. The van der Waals surface area contributed by atoms with Crippen molar-refractivity contribution in [2.75, 3.05) is 47.6 Å². The van der Waals surface area contributed by atoms with Gasteiger partial charge in [-0.15, -0.1) is 0 Å². The number of fused-ring (bicyclic) bond motifs is 1. The van der Waals surface area contributed by atoms with Crippen molar-refractivity contribution in [2.24, 2.45) is 0 Å². The topological polar surface area (TPSA) is 60.0 Å². The van der Waals surface area contributed by atoms with Crippen LogP contribution in [0, 0.1) is 0 Å². The van der Waals surface area contributed by atoms with Crippen molar-refractivity contribution in [1.29, 1.82) is 0 Å². The van der Waals surface area contributed by atoms with Crippen LogP contribution in [0.15, 0.2) is 12.1 Å². The summed E-state index contributed by atoms with van der Waals surface area (Å²) in [4.78, 5) is 15.0. The highest BCUT2D eigenvalue weighted by Gasteiger charge is 2.29. The number of rotatable bonds is 7. The zero-order valence-corrected chi connectivity index (χ0v) is 16.0. The first-order valence-corrected chi connectivity index (χ1v) is 9.43. The van der Waals surface area contributed by atoms with Gasteiger partial charge in [-0.25, -0.2) is 0 Å². The van der Waals surface area contributed by atoms with Crippen LogP contribution in [0.3, 0.4) is 0 Å². The lowest BCUT2D eigenvalue weighted by Crippen LogP contribution is -2.51. The summed E-state index contributed by atoms with van der Waals surface area (Å²) in [5, 5.41) is 3.11. The molecule has 0 radical (unpaired) electrons. The number of carbonyl (C=O) groups is 1. The highest BCUT2D eigenvalue weighted by atomic mass is 16.5. The van der Waals surface area contributed by atoms with E-state index in [4.69, 9.17) is 14.2 Å². The van der Waals surface area contributed by atoms with Crippen LogP contribution in [0.5, 0.6) is 5.75 Å². The second-order valence-electron chi connectivity index (χ2n) is 7.33. The number of carbonyl (C=O) groups excluding carboxylic acids is 1. The maximum Gasteiger partial charge on any atom is 0.255 e. The van der Waals surface area contributed by atoms with E-state index in [1.165, 1.54) is 11.1 Å². The van der Waals surface area contributed by atoms with Crippen LogP contribution in [0.4, 0.5) is 0 Å². The van der Waals surface area contributed by atoms with Crippen LogP contribution < -0.4 is 10.1 Å². The van der Waals surface area contributed by atoms with Gasteiger partial charge in [-0.3, -0.25) is 4.79 Å². The van der Waals surface area contributed by atoms with E-state index in [1.54, 1.807) is 7.11 Å². The molecule has 6 heteroatoms. The van der Waals surface area contributed by atoms with E-state index in [9.17, 15) is 4.79 Å². The molecular weight excluding hydrogens is 332 g/mol. The van der Waals surface area contributed by atoms with Crippen molar-refractivity contribution >= 4 is 5.91 Å². The molecule has 1 aromatic carbocycles. The van der Waals surface area contributed by atoms with Gasteiger partial charge in [0.15, 0.2) is 0 Å². The molecule has 26 heavy (non-hydrogen) atoms. The van der Waals surface area contributed by atoms with Crippen LogP contribution in [-0.4, -0.2) is 70.5 Å². The maximum absolute atomic E-state index is 12.9. The number of ether oxygens (including phenoxy) is 3. The molecule has 1 fully saturated rings. The van der Waals surface area contributed by atoms with Crippen molar-refractivity contribution in [3.63, 3.8) is 0 Å². The Morgan fingerprint density at radius 3 is 2.81 bits per heavy atom. The number of benzene rings is 1. The minimum atomic E-state index is -0.142. The van der Waals surface area contributed by atoms with Crippen LogP contribution in [-0.2, 0) is 22.3 Å². The van der Waals surface area contributed by atoms with Gasteiger partial charge in [0.25, 0.3) is 5.91 Å². The van der Waals surface area contributed by atoms with Gasteiger partial charge in [0.1, 0.15) is 5.75 Å². The number of nitrogens with zero attached hydrogens (tertiary/aromatic N) is 1. The molecule has 0 saturated carbocycles. The van der Waals surface area contributed by atoms with Gasteiger partial charge in [0, 0.05) is 13.2 Å². The van der Waals surface area contributed by atoms with E-state index in [0.717, 1.165) is 32.2 Å². The van der Waals surface area contributed by atoms with Gasteiger partial charge >= 0.3 is 0 Å². The monoisotopic (exact) mass is 362 g/mol. The Bertz CT molecular complexity index is 632. The SMILES string of the molecule is COc1cc2c(cc1C(=O)N[C@@H]1COCC[C@@H]1OCCN(C)C)CCC2. The van der Waals surface area contributed by atoms with E-state index < -0.39 is 0 Å². The summed E-state index contributed by atoms with van der Waals surface area (Å²) in [5.74, 6) is 0.526. The van der Waals surface area contributed by atoms with Gasteiger partial charge in [0.2, 0.25) is 0 Å². The summed E-state index contributed by atoms with van der Waals surface area (Å²) >= 11 is 0. The lowest BCUT2D eigenvalue weighted by atomic mass is 10.0. The number of aryl methyl sites for hydroxylation is 2. The Hall–Kier alpha value is -1.63. The van der Waals surface area contributed by atoms with Crippen LogP contribution in [0.2, 0.25) is 0 Å². The molecule has 1 saturated heterocycles. The van der Waals surface area contributed by atoms with E-state index in [0.29, 0.717) is 31.1 Å². The first-order chi connectivity index (χ1) is 12.6. The minimum Gasteiger partial charge on any atom is -0.496 e. The highest BCUT2D eigenvalue weighted by molar-refractivity contribution is 5.97. The van der Waals surface area contributed by atoms with Crippen LogP contribution in [0.25, 0.3) is 0 Å². The van der Waals surface area contributed by atoms with Gasteiger partial charge in [-0.2, -0.15) is 0 Å². The molecule has 144 valence electrons. The van der Waals surface area contributed by atoms with Gasteiger partial charge in [0.05, 0.1) is 38.0 Å². The number of methoxy groups -OCH3 is 1. The fourth-order valence-corrected chi connectivity index (χ4v) is 3.63. The molecule has 2 aliphatic rings. The number of hydrogen-bond donors (Lipinski definition) is 1. The average molecular weight is 362 g/mol. The Morgan fingerprint density at radius 1 is 1.31 bits per heavy atom. The average Bonchev–Trinajstić information content (AvgIpc) is 3.09. The number of likely N-dealkylation sites (N-methyl/N-ethyl adjacent to an activating group) is 1. The summed E-state index contributed by atoms with van der Waals surface area (Å²) in [6.07, 6.45) is 4.00. The molecule has 6 nitrogen and oxygen atoms in total. The largest absolute Gasteiger partial charge is 0.496 e. The van der Waals surface area contributed by atoms with Crippen molar-refractivity contribution in [3.8, 4) is 5.75 Å². The molecule has 1 aliphatic heterocycles. The number of nitrogens with one attached hydrogen (secondary N) is 1. The molecule has 2 atom stereocenters. The zero-order valence-electron chi connectivity index (χ0n) is 16.0. The van der Waals surface area contributed by atoms with Crippen molar-refractivity contribution in [3.05, 3.63) is 28.8 Å². The van der Waals surface area contributed by atoms with Gasteiger partial charge in [-0.1, -0.05) is 0 Å². The third kappa shape index (κ3) is 4.55. The van der Waals surface area contributed by atoms with Gasteiger partial charge in [-0.05, 0) is 63.0 Å². The molecule has 0 unspecified atom stereocenters. The Balaban J connectivity index is 1.67. The lowest BCUT2D eigenvalue weighted by Gasteiger charge is -2.32. The first kappa shape index (κ1) is 19.1. The highest BCUT2D eigenvalue weighted by Crippen LogP contribution is 2.30. The molecule has 0 bridgehead atoms. The number of amides is 1. The maximum atomic E-state index is 12.9. The second kappa shape index (κ2) is 8.84. The lowest BCUT2D eigenvalue weighted by molar-refractivity contribution is -0.0562. The molecule has 1 heterocycles. The predicted octanol–water partition coefficient (Wildman–Crippen LogP) is 1.65. The van der Waals surface area contributed by atoms with E-state index in [1.807, 2.05) is 26.2 Å². The predicted molar refractivity (Wildman–Crippen MR) is 100 cm³/mol. The summed E-state index contributed by atoms with van der Waals surface area (Å²) in [5.41, 5.74) is 3.16. The smallest absolute Gasteiger partial charge is 0.255 e. The third-order valence-electron chi connectivity index (χ3n) is 5.14. The fourth-order valence-electron chi connectivity index (χ4n) is 3.63. The molecule has 1 amide bonds. The second-order valence-corrected chi connectivity index (χ2v) is 7.33. The molecule has 1 N–H and O–H groups in total. The summed E-state index contributed by atoms with van der Waals surface area (Å²) < 4.78 is 17.0. The van der Waals surface area contributed by atoms with E-state index in [2.05, 4.69) is 10.2 Å². The quantitative estimate of drug-likeness (QED) is 0.799. The van der Waals surface area contributed by atoms with E-state index in [-0.39, 0.29) is 18.1 Å². The van der Waals surface area contributed by atoms with E-state index >= 15 is 0 Å². The fraction of sp³-hybridized carbons (Fsp3) is 0.650. The normalized spacial score (nSPS) is 22.3. The Kier molecular flexibility index (Phi) is 6.51. The molecule has 0 spiro atoms. The van der Waals surface area contributed by atoms with Crippen molar-refractivity contribution < 1.29 is 19.0 Å². The summed E-state index contributed by atoms with van der Waals surface area (Å²) in [6.45, 7) is 2.65. The zero-order chi connectivity index (χ0) is 18.5. The Morgan fingerprint density at radius 2 is 2.08 bits per heavy atom. The molecule has 3 rings (SSSR count). The Labute approximate surface area is 155 Å². The molecule has 1 aliphatic carbocycles. The van der Waals surface area contributed by atoms with Crippen LogP contribution in [0.1, 0.15) is 34.3 Å². The standard InChI is InChI=1S/C20H30N2O4/c1-22(2)8-10-26-18-7-9-25-13-17(18)21-20(23)16-11-14-5-4-6-15(14)12-19(16)24-3/h11-12,17-18H,4-10,13H2,1-3H3,(H,21,23)/t17-,18+/m1/s1. The summed E-state index contributed by atoms with van der Waals surface area (Å²) in [6, 6.07) is 3.86. The minimum absolute atomic E-state index is 0.0203. The molecular formula is C20H30N2O4. The number of hydrogen-bond acceptors (Lipinski definition) is 5.